The van der Waals surface area contributed by atoms with Gasteiger partial charge >= 0.3 is 17.9 Å². The summed E-state index contributed by atoms with van der Waals surface area (Å²) in [5, 5.41) is 37.3. The molecule has 0 aliphatic carbocycles. The van der Waals surface area contributed by atoms with Crippen LogP contribution >= 0.6 is 0 Å². The fraction of sp³-hybridized carbons (Fsp3) is 0.448. The molecule has 0 aliphatic heterocycles. The van der Waals surface area contributed by atoms with Gasteiger partial charge in [-0.1, -0.05) is 32.0 Å². The predicted octanol–water partition coefficient (Wildman–Crippen LogP) is -2.07. The molecule has 0 bridgehead atoms. The summed E-state index contributed by atoms with van der Waals surface area (Å²) >= 11 is 0. The highest BCUT2D eigenvalue weighted by atomic mass is 16.4. The third kappa shape index (κ3) is 11.7. The van der Waals surface area contributed by atoms with Crippen molar-refractivity contribution >= 4 is 58.3 Å². The maximum Gasteiger partial charge on any atom is 0.326 e. The standard InChI is InChI=1S/C29H39N7O11/c1-13(2)24(31)28(45)36-18(9-14-12-32-16-6-4-3-5-15(14)16)25(42)35-20(11-23(40)41)27(44)34-19(10-21(30)37)26(43)33-17(29(46)47)7-8-22(38)39/h3-6,12-13,17-20,24,32H,7-11,31H2,1-2H3,(H2,30,37)(H,33,43)(H,34,44)(H,35,42)(H,36,45)(H,38,39)(H,40,41)(H,46,47). The molecule has 0 spiro atoms. The average Bonchev–Trinajstić information content (AvgIpc) is 3.39. The Morgan fingerprint density at radius 1 is 0.745 bits per heavy atom. The zero-order valence-electron chi connectivity index (χ0n) is 25.6. The number of aromatic amines is 1. The molecular formula is C29H39N7O11. The monoisotopic (exact) mass is 661 g/mol. The number of aliphatic carboxylic acids is 3. The molecule has 256 valence electrons. The lowest BCUT2D eigenvalue weighted by molar-refractivity contribution is -0.144. The van der Waals surface area contributed by atoms with Crippen LogP contribution in [0.1, 0.15) is 45.1 Å². The van der Waals surface area contributed by atoms with E-state index in [0.717, 1.165) is 10.9 Å². The van der Waals surface area contributed by atoms with Crippen LogP contribution in [0.2, 0.25) is 0 Å². The highest BCUT2D eigenvalue weighted by Gasteiger charge is 2.34. The van der Waals surface area contributed by atoms with Crippen molar-refractivity contribution in [3.63, 3.8) is 0 Å². The SMILES string of the molecule is CC(C)C(N)C(=O)NC(Cc1c[nH]c2ccccc12)C(=O)NC(CC(=O)O)C(=O)NC(CC(N)=O)C(=O)NC(CCC(=O)O)C(=O)O. The van der Waals surface area contributed by atoms with E-state index in [-0.39, 0.29) is 12.3 Å². The zero-order chi connectivity index (χ0) is 35.4. The van der Waals surface area contributed by atoms with Gasteiger partial charge in [0, 0.05) is 29.9 Å². The second kappa shape index (κ2) is 17.2. The van der Waals surface area contributed by atoms with E-state index < -0.39 is 103 Å². The van der Waals surface area contributed by atoms with E-state index >= 15 is 0 Å². The van der Waals surface area contributed by atoms with Crippen molar-refractivity contribution < 1.29 is 53.7 Å². The second-order valence-electron chi connectivity index (χ2n) is 11.1. The van der Waals surface area contributed by atoms with E-state index in [9.17, 15) is 48.6 Å². The summed E-state index contributed by atoms with van der Waals surface area (Å²) in [4.78, 5) is 101. The van der Waals surface area contributed by atoms with Gasteiger partial charge in [-0.3, -0.25) is 33.6 Å². The fourth-order valence-electron chi connectivity index (χ4n) is 4.44. The summed E-state index contributed by atoms with van der Waals surface area (Å²) in [5.41, 5.74) is 12.5. The lowest BCUT2D eigenvalue weighted by Gasteiger charge is -2.26. The summed E-state index contributed by atoms with van der Waals surface area (Å²) in [6.07, 6.45) is -1.51. The molecule has 0 saturated carbocycles. The molecule has 12 N–H and O–H groups in total. The van der Waals surface area contributed by atoms with Crippen LogP contribution in [-0.4, -0.2) is 98.0 Å². The zero-order valence-corrected chi connectivity index (χ0v) is 25.6. The normalized spacial score (nSPS) is 14.2. The number of nitrogens with two attached hydrogens (primary N) is 2. The van der Waals surface area contributed by atoms with Gasteiger partial charge < -0.3 is 53.0 Å². The first-order valence-electron chi connectivity index (χ1n) is 14.5. The largest absolute Gasteiger partial charge is 0.481 e. The lowest BCUT2D eigenvalue weighted by atomic mass is 10.0. The van der Waals surface area contributed by atoms with Gasteiger partial charge in [0.2, 0.25) is 29.5 Å². The Bertz CT molecular complexity index is 1510. The number of carboxylic acid groups (broad SMARTS) is 3. The Hall–Kier alpha value is -5.52. The number of fused-ring (bicyclic) bond motifs is 1. The smallest absolute Gasteiger partial charge is 0.326 e. The maximum absolute atomic E-state index is 13.6. The number of amides is 5. The maximum atomic E-state index is 13.6. The van der Waals surface area contributed by atoms with Crippen LogP contribution in [0.4, 0.5) is 0 Å². The number of aromatic nitrogens is 1. The molecule has 2 aromatic rings. The van der Waals surface area contributed by atoms with E-state index in [4.69, 9.17) is 16.6 Å². The first kappa shape index (κ1) is 37.7. The number of carboxylic acids is 3. The number of hydrogen-bond donors (Lipinski definition) is 10. The molecule has 0 aliphatic rings. The molecule has 0 saturated heterocycles. The molecule has 5 atom stereocenters. The number of rotatable bonds is 19. The van der Waals surface area contributed by atoms with Crippen molar-refractivity contribution in [3.8, 4) is 0 Å². The van der Waals surface area contributed by atoms with Crippen molar-refractivity contribution in [2.24, 2.45) is 17.4 Å². The summed E-state index contributed by atoms with van der Waals surface area (Å²) in [6, 6.07) is -0.649. The Kier molecular flexibility index (Phi) is 13.8. The number of benzene rings is 1. The Labute approximate surface area is 268 Å². The molecule has 18 nitrogen and oxygen atoms in total. The minimum Gasteiger partial charge on any atom is -0.481 e. The Balaban J connectivity index is 2.34. The van der Waals surface area contributed by atoms with Crippen molar-refractivity contribution in [1.82, 2.24) is 26.3 Å². The molecule has 1 aromatic heterocycles. The van der Waals surface area contributed by atoms with Crippen LogP contribution < -0.4 is 32.7 Å². The van der Waals surface area contributed by atoms with Gasteiger partial charge in [-0.25, -0.2) is 4.79 Å². The quantitative estimate of drug-likeness (QED) is 0.0776. The highest BCUT2D eigenvalue weighted by molar-refractivity contribution is 5.98. The first-order valence-corrected chi connectivity index (χ1v) is 14.5. The van der Waals surface area contributed by atoms with Crippen molar-refractivity contribution in [2.75, 3.05) is 0 Å². The third-order valence-electron chi connectivity index (χ3n) is 7.06. The lowest BCUT2D eigenvalue weighted by Crippen LogP contribution is -2.59. The third-order valence-corrected chi connectivity index (χ3v) is 7.06. The van der Waals surface area contributed by atoms with Crippen molar-refractivity contribution in [3.05, 3.63) is 36.0 Å². The van der Waals surface area contributed by atoms with Crippen molar-refractivity contribution in [2.45, 2.75) is 76.2 Å². The van der Waals surface area contributed by atoms with Gasteiger partial charge in [-0.2, -0.15) is 0 Å². The van der Waals surface area contributed by atoms with Crippen LogP contribution in [-0.2, 0) is 44.8 Å². The summed E-state index contributed by atoms with van der Waals surface area (Å²) in [7, 11) is 0. The summed E-state index contributed by atoms with van der Waals surface area (Å²) in [6.45, 7) is 3.38. The number of primary amides is 1. The molecule has 0 fully saturated rings. The van der Waals surface area contributed by atoms with E-state index in [2.05, 4.69) is 20.9 Å². The molecule has 47 heavy (non-hydrogen) atoms. The van der Waals surface area contributed by atoms with Gasteiger partial charge in [-0.15, -0.1) is 0 Å². The molecule has 5 amide bonds. The predicted molar refractivity (Wildman–Crippen MR) is 163 cm³/mol. The number of nitrogens with one attached hydrogen (secondary N) is 5. The Morgan fingerprint density at radius 3 is 1.81 bits per heavy atom. The summed E-state index contributed by atoms with van der Waals surface area (Å²) in [5.74, 6) is -10.0. The number of para-hydroxylation sites is 1. The summed E-state index contributed by atoms with van der Waals surface area (Å²) < 4.78 is 0. The molecular weight excluding hydrogens is 622 g/mol. The minimum absolute atomic E-state index is 0.104. The highest BCUT2D eigenvalue weighted by Crippen LogP contribution is 2.19. The average molecular weight is 662 g/mol. The van der Waals surface area contributed by atoms with Crippen molar-refractivity contribution in [1.29, 1.82) is 0 Å². The van der Waals surface area contributed by atoms with E-state index in [0.29, 0.717) is 5.56 Å². The van der Waals surface area contributed by atoms with Crippen LogP contribution in [0.15, 0.2) is 30.5 Å². The second-order valence-corrected chi connectivity index (χ2v) is 11.1. The molecule has 1 heterocycles. The van der Waals surface area contributed by atoms with Gasteiger partial charge in [0.05, 0.1) is 18.9 Å². The van der Waals surface area contributed by atoms with Crippen LogP contribution in [0, 0.1) is 5.92 Å². The number of hydrogen-bond acceptors (Lipinski definition) is 9. The van der Waals surface area contributed by atoms with E-state index in [1.165, 1.54) is 0 Å². The fourth-order valence-corrected chi connectivity index (χ4v) is 4.44. The van der Waals surface area contributed by atoms with Gasteiger partial charge in [0.1, 0.15) is 24.2 Å². The molecule has 18 heteroatoms. The van der Waals surface area contributed by atoms with Crippen LogP contribution in [0.25, 0.3) is 10.9 Å². The van der Waals surface area contributed by atoms with Gasteiger partial charge in [0.25, 0.3) is 0 Å². The molecule has 2 rings (SSSR count). The molecule has 0 radical (unpaired) electrons. The van der Waals surface area contributed by atoms with Crippen LogP contribution in [0.5, 0.6) is 0 Å². The van der Waals surface area contributed by atoms with Crippen LogP contribution in [0.3, 0.4) is 0 Å². The minimum atomic E-state index is -1.85. The van der Waals surface area contributed by atoms with Gasteiger partial charge in [-0.05, 0) is 24.0 Å². The van der Waals surface area contributed by atoms with Gasteiger partial charge in [0.15, 0.2) is 0 Å². The first-order chi connectivity index (χ1) is 22.0. The molecule has 1 aromatic carbocycles. The number of carbonyl (C=O) groups excluding carboxylic acids is 5. The molecule has 5 unspecified atom stereocenters. The van der Waals surface area contributed by atoms with E-state index in [1.807, 2.05) is 5.32 Å². The Morgan fingerprint density at radius 2 is 1.28 bits per heavy atom. The topological polar surface area (TPSA) is 313 Å². The van der Waals surface area contributed by atoms with E-state index in [1.54, 1.807) is 44.3 Å². The number of carbonyl (C=O) groups is 8. The number of H-pyrrole nitrogens is 1.